The highest BCUT2D eigenvalue weighted by atomic mass is 16.2. The van der Waals surface area contributed by atoms with Crippen LogP contribution in [0.1, 0.15) is 0 Å². The highest BCUT2D eigenvalue weighted by Gasteiger charge is 1.85. The summed E-state index contributed by atoms with van der Waals surface area (Å²) in [5, 5.41) is 9.12. The zero-order valence-electron chi connectivity index (χ0n) is 6.64. The zero-order chi connectivity index (χ0) is 8.81. The van der Waals surface area contributed by atoms with E-state index in [0.717, 1.165) is 0 Å². The van der Waals surface area contributed by atoms with E-state index in [9.17, 15) is 0 Å². The Morgan fingerprint density at radius 3 is 1.17 bits per heavy atom. The average Bonchev–Trinajstić information content (AvgIpc) is 2.21. The molecule has 2 aromatic rings. The Hall–Kier alpha value is -1.28. The average molecular weight is 156 g/mol. The van der Waals surface area contributed by atoms with Gasteiger partial charge in [0.15, 0.2) is 0 Å². The standard InChI is InChI=1S/C10H8.BHO/c1-2-6-10-8-4-3-7-9(10)5-1;1-2/h1-8H;2H. The molecular weight excluding hydrogens is 147 g/mol. The molecule has 1 nitrogen and oxygen atoms in total. The zero-order valence-corrected chi connectivity index (χ0v) is 6.64. The van der Waals surface area contributed by atoms with E-state index in [4.69, 9.17) is 5.02 Å². The van der Waals surface area contributed by atoms with Crippen LogP contribution in [0.5, 0.6) is 0 Å². The van der Waals surface area contributed by atoms with E-state index in [1.807, 2.05) is 0 Å². The van der Waals surface area contributed by atoms with Crippen LogP contribution in [-0.4, -0.2) is 13.1 Å². The van der Waals surface area contributed by atoms with Crippen molar-refractivity contribution < 1.29 is 5.02 Å². The summed E-state index contributed by atoms with van der Waals surface area (Å²) in [4.78, 5) is 0. The summed E-state index contributed by atoms with van der Waals surface area (Å²) in [5.74, 6) is 0. The Bertz CT molecular complexity index is 281. The lowest BCUT2D eigenvalue weighted by molar-refractivity contribution is 0.629. The maximum atomic E-state index is 6.50. The molecule has 0 atom stereocenters. The minimum Gasteiger partial charge on any atom is -0.461 e. The van der Waals surface area contributed by atoms with Gasteiger partial charge in [-0.1, -0.05) is 48.5 Å². The summed E-state index contributed by atoms with van der Waals surface area (Å²) in [6.07, 6.45) is 0. The summed E-state index contributed by atoms with van der Waals surface area (Å²) in [5.41, 5.74) is 0. The first-order valence-corrected chi connectivity index (χ1v) is 3.66. The van der Waals surface area contributed by atoms with E-state index in [0.29, 0.717) is 0 Å². The Kier molecular flexibility index (Phi) is 3.36. The van der Waals surface area contributed by atoms with Gasteiger partial charge < -0.3 is 5.02 Å². The molecule has 0 aliphatic carbocycles. The van der Waals surface area contributed by atoms with Gasteiger partial charge in [0.1, 0.15) is 0 Å². The van der Waals surface area contributed by atoms with Crippen molar-refractivity contribution in [1.82, 2.24) is 0 Å². The molecule has 0 saturated carbocycles. The molecule has 0 aliphatic heterocycles. The van der Waals surface area contributed by atoms with Gasteiger partial charge in [0.2, 0.25) is 0 Å². The van der Waals surface area contributed by atoms with Crippen molar-refractivity contribution in [2.24, 2.45) is 0 Å². The van der Waals surface area contributed by atoms with Gasteiger partial charge >= 0.3 is 0 Å². The number of rotatable bonds is 0. The summed E-state index contributed by atoms with van der Waals surface area (Å²) < 4.78 is 0. The first-order chi connectivity index (χ1) is 5.97. The van der Waals surface area contributed by atoms with Gasteiger partial charge in [-0.25, -0.2) is 0 Å². The predicted octanol–water partition coefficient (Wildman–Crippen LogP) is 1.90. The van der Waals surface area contributed by atoms with Crippen molar-refractivity contribution in [2.45, 2.75) is 0 Å². The summed E-state index contributed by atoms with van der Waals surface area (Å²) in [7, 11) is 3.50. The molecule has 0 heterocycles. The molecule has 58 valence electrons. The van der Waals surface area contributed by atoms with Crippen LogP contribution in [-0.2, 0) is 0 Å². The van der Waals surface area contributed by atoms with E-state index in [-0.39, 0.29) is 0 Å². The minimum absolute atomic E-state index is 1.31. The second-order valence-electron chi connectivity index (χ2n) is 2.35. The molecule has 0 aromatic heterocycles. The number of hydrogen-bond acceptors (Lipinski definition) is 1. The minimum atomic E-state index is 1.31. The number of fused-ring (bicyclic) bond motifs is 1. The second-order valence-corrected chi connectivity index (χ2v) is 2.35. The smallest absolute Gasteiger partial charge is 0.277 e. The molecule has 2 radical (unpaired) electrons. The lowest BCUT2D eigenvalue weighted by atomic mass is 10.1. The van der Waals surface area contributed by atoms with Crippen LogP contribution in [0.4, 0.5) is 0 Å². The van der Waals surface area contributed by atoms with E-state index in [1.165, 1.54) is 10.8 Å². The molecule has 2 rings (SSSR count). The maximum absolute atomic E-state index is 6.50. The Morgan fingerprint density at radius 1 is 0.667 bits per heavy atom. The molecular formula is C10H9BO. The van der Waals surface area contributed by atoms with Crippen LogP contribution in [0.2, 0.25) is 0 Å². The van der Waals surface area contributed by atoms with Crippen LogP contribution < -0.4 is 0 Å². The fraction of sp³-hybridized carbons (Fsp3) is 0. The largest absolute Gasteiger partial charge is 0.461 e. The van der Waals surface area contributed by atoms with Gasteiger partial charge in [0, 0.05) is 0 Å². The molecule has 0 aliphatic rings. The quantitative estimate of drug-likeness (QED) is 0.577. The monoisotopic (exact) mass is 156 g/mol. The molecule has 0 saturated heterocycles. The first-order valence-electron chi connectivity index (χ1n) is 3.66. The van der Waals surface area contributed by atoms with E-state index in [2.05, 4.69) is 56.6 Å². The van der Waals surface area contributed by atoms with Crippen LogP contribution in [0.3, 0.4) is 0 Å². The van der Waals surface area contributed by atoms with E-state index in [1.54, 1.807) is 0 Å². The van der Waals surface area contributed by atoms with E-state index < -0.39 is 0 Å². The summed E-state index contributed by atoms with van der Waals surface area (Å²) in [6.45, 7) is 0. The van der Waals surface area contributed by atoms with Gasteiger partial charge in [-0.05, 0) is 10.8 Å². The predicted molar refractivity (Wildman–Crippen MR) is 51.9 cm³/mol. The molecule has 0 fully saturated rings. The Balaban J connectivity index is 0.000000336. The number of benzene rings is 2. The van der Waals surface area contributed by atoms with Crippen LogP contribution >= 0.6 is 0 Å². The summed E-state index contributed by atoms with van der Waals surface area (Å²) >= 11 is 0. The lowest BCUT2D eigenvalue weighted by Gasteiger charge is -1.92. The van der Waals surface area contributed by atoms with E-state index >= 15 is 0 Å². The molecule has 12 heavy (non-hydrogen) atoms. The van der Waals surface area contributed by atoms with Crippen LogP contribution in [0.15, 0.2) is 48.5 Å². The maximum Gasteiger partial charge on any atom is 0.277 e. The van der Waals surface area contributed by atoms with Crippen LogP contribution in [0, 0.1) is 0 Å². The first kappa shape index (κ1) is 8.82. The Labute approximate surface area is 73.1 Å². The molecule has 0 spiro atoms. The number of hydrogen-bond donors (Lipinski definition) is 1. The van der Waals surface area contributed by atoms with Crippen molar-refractivity contribution in [1.29, 1.82) is 0 Å². The van der Waals surface area contributed by atoms with Gasteiger partial charge in [-0.15, -0.1) is 0 Å². The third-order valence-corrected chi connectivity index (χ3v) is 1.66. The molecule has 0 amide bonds. The third kappa shape index (κ3) is 1.86. The fourth-order valence-electron chi connectivity index (χ4n) is 1.13. The molecule has 0 unspecified atom stereocenters. The van der Waals surface area contributed by atoms with Crippen molar-refractivity contribution in [3.63, 3.8) is 0 Å². The third-order valence-electron chi connectivity index (χ3n) is 1.66. The topological polar surface area (TPSA) is 20.2 Å². The van der Waals surface area contributed by atoms with Gasteiger partial charge in [-0.2, -0.15) is 0 Å². The molecule has 0 bridgehead atoms. The second kappa shape index (κ2) is 4.57. The molecule has 2 aromatic carbocycles. The highest BCUT2D eigenvalue weighted by Crippen LogP contribution is 2.11. The van der Waals surface area contributed by atoms with Crippen molar-refractivity contribution in [3.05, 3.63) is 48.5 Å². The van der Waals surface area contributed by atoms with Gasteiger partial charge in [-0.3, -0.25) is 0 Å². The fourth-order valence-corrected chi connectivity index (χ4v) is 1.13. The highest BCUT2D eigenvalue weighted by molar-refractivity contribution is 5.95. The van der Waals surface area contributed by atoms with Crippen molar-refractivity contribution in [2.75, 3.05) is 0 Å². The molecule has 2 heteroatoms. The molecule has 1 N–H and O–H groups in total. The Morgan fingerprint density at radius 2 is 0.917 bits per heavy atom. The van der Waals surface area contributed by atoms with Crippen LogP contribution in [0.25, 0.3) is 10.8 Å². The SMILES string of the molecule is [B]O.c1ccc2ccccc2c1. The summed E-state index contributed by atoms with van der Waals surface area (Å²) in [6, 6.07) is 16.7. The van der Waals surface area contributed by atoms with Crippen molar-refractivity contribution >= 4 is 18.8 Å². The van der Waals surface area contributed by atoms with Gasteiger partial charge in [0.25, 0.3) is 8.05 Å². The van der Waals surface area contributed by atoms with Gasteiger partial charge in [0.05, 0.1) is 0 Å². The lowest BCUT2D eigenvalue weighted by Crippen LogP contribution is -1.67. The van der Waals surface area contributed by atoms with Crippen molar-refractivity contribution in [3.8, 4) is 0 Å². The normalized spacial score (nSPS) is 8.75.